The number of hydrogen-bond acceptors (Lipinski definition) is 3. The summed E-state index contributed by atoms with van der Waals surface area (Å²) in [6.07, 6.45) is 0.877. The van der Waals surface area contributed by atoms with E-state index in [0.29, 0.717) is 5.56 Å². The van der Waals surface area contributed by atoms with Crippen LogP contribution in [-0.2, 0) is 4.79 Å². The molecule has 0 saturated carbocycles. The minimum atomic E-state index is -0.125. The van der Waals surface area contributed by atoms with Crippen LogP contribution in [0.1, 0.15) is 47.3 Å². The highest BCUT2D eigenvalue weighted by molar-refractivity contribution is 5.97. The monoisotopic (exact) mass is 367 g/mol. The van der Waals surface area contributed by atoms with Gasteiger partial charge in [0.25, 0.3) is 5.91 Å². The smallest absolute Gasteiger partial charge is 0.251 e. The molecule has 0 bridgehead atoms. The van der Waals surface area contributed by atoms with Crippen molar-refractivity contribution >= 4 is 23.2 Å². The van der Waals surface area contributed by atoms with Gasteiger partial charge in [0, 0.05) is 23.0 Å². The van der Waals surface area contributed by atoms with Crippen molar-refractivity contribution in [3.05, 3.63) is 58.7 Å². The molecule has 0 fully saturated rings. The van der Waals surface area contributed by atoms with E-state index in [1.807, 2.05) is 40.7 Å². The molecule has 5 nitrogen and oxygen atoms in total. The second-order valence-corrected chi connectivity index (χ2v) is 7.04. The normalized spacial score (nSPS) is 11.6. The molecule has 2 aromatic rings. The number of aryl methyl sites for hydroxylation is 3. The fraction of sp³-hybridized carbons (Fsp3) is 0.364. The summed E-state index contributed by atoms with van der Waals surface area (Å²) >= 11 is 0. The van der Waals surface area contributed by atoms with Crippen LogP contribution in [0, 0.1) is 20.8 Å². The molecule has 0 aliphatic carbocycles. The molecule has 0 heterocycles. The molecular formula is C22H29N3O2. The van der Waals surface area contributed by atoms with Crippen LogP contribution in [0.25, 0.3) is 0 Å². The van der Waals surface area contributed by atoms with Crippen molar-refractivity contribution in [2.45, 2.75) is 47.1 Å². The maximum Gasteiger partial charge on any atom is 0.251 e. The molecule has 5 heteroatoms. The maximum absolute atomic E-state index is 12.3. The molecule has 0 radical (unpaired) electrons. The number of carbonyl (C=O) groups excluding carboxylic acids is 2. The fourth-order valence-electron chi connectivity index (χ4n) is 2.92. The Kier molecular flexibility index (Phi) is 6.99. The van der Waals surface area contributed by atoms with Crippen molar-refractivity contribution in [3.8, 4) is 0 Å². The summed E-state index contributed by atoms with van der Waals surface area (Å²) in [6.45, 7) is 10.1. The first-order chi connectivity index (χ1) is 12.8. The summed E-state index contributed by atoms with van der Waals surface area (Å²) < 4.78 is 0. The number of nitrogens with one attached hydrogen (secondary N) is 3. The largest absolute Gasteiger partial charge is 0.376 e. The highest BCUT2D eigenvalue weighted by Gasteiger charge is 2.11. The summed E-state index contributed by atoms with van der Waals surface area (Å²) in [7, 11) is 0. The van der Waals surface area contributed by atoms with Gasteiger partial charge in [-0.15, -0.1) is 0 Å². The van der Waals surface area contributed by atoms with E-state index in [1.165, 1.54) is 5.56 Å². The minimum absolute atomic E-state index is 0.108. The van der Waals surface area contributed by atoms with Gasteiger partial charge < -0.3 is 16.0 Å². The molecule has 2 aromatic carbocycles. The van der Waals surface area contributed by atoms with Crippen molar-refractivity contribution in [1.29, 1.82) is 0 Å². The summed E-state index contributed by atoms with van der Waals surface area (Å²) in [4.78, 5) is 24.6. The lowest BCUT2D eigenvalue weighted by molar-refractivity contribution is -0.114. The first-order valence-electron chi connectivity index (χ1n) is 9.32. The van der Waals surface area contributed by atoms with Gasteiger partial charge in [0.2, 0.25) is 5.91 Å². The van der Waals surface area contributed by atoms with Gasteiger partial charge in [0.1, 0.15) is 0 Å². The summed E-state index contributed by atoms with van der Waals surface area (Å²) in [5.41, 5.74) is 5.43. The van der Waals surface area contributed by atoms with Gasteiger partial charge in [0.15, 0.2) is 0 Å². The second-order valence-electron chi connectivity index (χ2n) is 7.04. The standard InChI is InChI=1S/C22H29N3O2/c1-6-17(5)24-22(27)18-8-7-9-19(12-18)23-13-20(26)25-21-15(3)10-14(2)11-16(21)4/h7-12,17,23H,6,13H2,1-5H3,(H,24,27)(H,25,26). The van der Waals surface area contributed by atoms with E-state index < -0.39 is 0 Å². The zero-order valence-corrected chi connectivity index (χ0v) is 16.8. The van der Waals surface area contributed by atoms with E-state index in [9.17, 15) is 9.59 Å². The molecule has 144 valence electrons. The number of rotatable bonds is 7. The van der Waals surface area contributed by atoms with E-state index in [1.54, 1.807) is 18.2 Å². The van der Waals surface area contributed by atoms with Gasteiger partial charge in [-0.05, 0) is 63.4 Å². The SMILES string of the molecule is CCC(C)NC(=O)c1cccc(NCC(=O)Nc2c(C)cc(C)cc2C)c1. The second kappa shape index (κ2) is 9.21. The lowest BCUT2D eigenvalue weighted by Gasteiger charge is -2.14. The molecule has 27 heavy (non-hydrogen) atoms. The average Bonchev–Trinajstić information content (AvgIpc) is 2.63. The topological polar surface area (TPSA) is 70.2 Å². The molecule has 1 unspecified atom stereocenters. The molecule has 1 atom stereocenters. The van der Waals surface area contributed by atoms with Crippen LogP contribution in [0.2, 0.25) is 0 Å². The zero-order chi connectivity index (χ0) is 20.0. The summed E-state index contributed by atoms with van der Waals surface area (Å²) in [5, 5.41) is 8.99. The van der Waals surface area contributed by atoms with Gasteiger partial charge in [0.05, 0.1) is 6.54 Å². The van der Waals surface area contributed by atoms with Gasteiger partial charge in [-0.1, -0.05) is 30.7 Å². The number of amides is 2. The molecule has 2 rings (SSSR count). The van der Waals surface area contributed by atoms with Crippen LogP contribution in [-0.4, -0.2) is 24.4 Å². The first kappa shape index (κ1) is 20.5. The highest BCUT2D eigenvalue weighted by atomic mass is 16.2. The Morgan fingerprint density at radius 3 is 2.33 bits per heavy atom. The van der Waals surface area contributed by atoms with Gasteiger partial charge in [-0.2, -0.15) is 0 Å². The van der Waals surface area contributed by atoms with Crippen molar-refractivity contribution in [2.24, 2.45) is 0 Å². The Balaban J connectivity index is 1.98. The lowest BCUT2D eigenvalue weighted by Crippen LogP contribution is -2.31. The molecule has 2 amide bonds. The van der Waals surface area contributed by atoms with Crippen LogP contribution in [0.5, 0.6) is 0 Å². The lowest BCUT2D eigenvalue weighted by atomic mass is 10.1. The molecule has 0 spiro atoms. The Labute approximate surface area is 161 Å². The molecule has 0 aliphatic heterocycles. The van der Waals surface area contributed by atoms with Gasteiger partial charge in [-0.3, -0.25) is 9.59 Å². The van der Waals surface area contributed by atoms with E-state index in [-0.39, 0.29) is 24.4 Å². The maximum atomic E-state index is 12.3. The van der Waals surface area contributed by atoms with Crippen molar-refractivity contribution < 1.29 is 9.59 Å². The van der Waals surface area contributed by atoms with Gasteiger partial charge in [-0.25, -0.2) is 0 Å². The third-order valence-corrected chi connectivity index (χ3v) is 4.51. The van der Waals surface area contributed by atoms with Crippen LogP contribution < -0.4 is 16.0 Å². The Bertz CT molecular complexity index is 807. The van der Waals surface area contributed by atoms with Crippen LogP contribution in [0.15, 0.2) is 36.4 Å². The Morgan fingerprint density at radius 2 is 1.70 bits per heavy atom. The van der Waals surface area contributed by atoms with Crippen LogP contribution in [0.4, 0.5) is 11.4 Å². The van der Waals surface area contributed by atoms with E-state index in [2.05, 4.69) is 28.1 Å². The fourth-order valence-corrected chi connectivity index (χ4v) is 2.92. The molecule has 3 N–H and O–H groups in total. The van der Waals surface area contributed by atoms with Crippen LogP contribution >= 0.6 is 0 Å². The van der Waals surface area contributed by atoms with Crippen molar-refractivity contribution in [2.75, 3.05) is 17.2 Å². The average molecular weight is 367 g/mol. The molecule has 0 aromatic heterocycles. The van der Waals surface area contributed by atoms with Crippen molar-refractivity contribution in [1.82, 2.24) is 5.32 Å². The summed E-state index contributed by atoms with van der Waals surface area (Å²) in [5.74, 6) is -0.233. The number of benzene rings is 2. The minimum Gasteiger partial charge on any atom is -0.376 e. The zero-order valence-electron chi connectivity index (χ0n) is 16.8. The number of anilines is 2. The third kappa shape index (κ3) is 5.84. The molecule has 0 aliphatic rings. The first-order valence-corrected chi connectivity index (χ1v) is 9.32. The predicted molar refractivity (Wildman–Crippen MR) is 111 cm³/mol. The molecule has 0 saturated heterocycles. The Morgan fingerprint density at radius 1 is 1.04 bits per heavy atom. The van der Waals surface area contributed by atoms with E-state index in [4.69, 9.17) is 0 Å². The quantitative estimate of drug-likeness (QED) is 0.687. The third-order valence-electron chi connectivity index (χ3n) is 4.51. The van der Waals surface area contributed by atoms with Crippen LogP contribution in [0.3, 0.4) is 0 Å². The Hall–Kier alpha value is -2.82. The number of hydrogen-bond donors (Lipinski definition) is 3. The summed E-state index contributed by atoms with van der Waals surface area (Å²) in [6, 6.07) is 11.4. The highest BCUT2D eigenvalue weighted by Crippen LogP contribution is 2.21. The predicted octanol–water partition coefficient (Wildman–Crippen LogP) is 4.19. The number of carbonyl (C=O) groups is 2. The van der Waals surface area contributed by atoms with Gasteiger partial charge >= 0.3 is 0 Å². The van der Waals surface area contributed by atoms with E-state index >= 15 is 0 Å². The van der Waals surface area contributed by atoms with Crippen molar-refractivity contribution in [3.63, 3.8) is 0 Å². The van der Waals surface area contributed by atoms with E-state index in [0.717, 1.165) is 28.9 Å². The molecular weight excluding hydrogens is 338 g/mol.